The lowest BCUT2D eigenvalue weighted by Crippen LogP contribution is -2.60. The summed E-state index contributed by atoms with van der Waals surface area (Å²) in [6.45, 7) is 15.4. The monoisotopic (exact) mass is 381 g/mol. The molecule has 154 valence electrons. The first-order valence-electron chi connectivity index (χ1n) is 10.0. The van der Waals surface area contributed by atoms with Crippen molar-refractivity contribution in [3.05, 3.63) is 0 Å². The number of ether oxygens (including phenoxy) is 2. The van der Waals surface area contributed by atoms with Gasteiger partial charge in [-0.3, -0.25) is 9.69 Å². The number of rotatable bonds is 4. The number of amides is 1. The Morgan fingerprint density at radius 3 is 2.30 bits per heavy atom. The number of carbonyl (C=O) groups excluding carboxylic acids is 2. The molecule has 27 heavy (non-hydrogen) atoms. The molecule has 0 aromatic rings. The van der Waals surface area contributed by atoms with E-state index in [9.17, 15) is 9.59 Å². The molecule has 1 fully saturated rings. The number of hydrogen-bond donors (Lipinski definition) is 0. The van der Waals surface area contributed by atoms with Crippen LogP contribution in [0.2, 0.25) is 0 Å². The van der Waals surface area contributed by atoms with E-state index < -0.39 is 17.6 Å². The fraction of sp³-hybridized carbons (Fsp3) is 0.850. The Hall–Kier alpha value is -1.63. The summed E-state index contributed by atoms with van der Waals surface area (Å²) in [5, 5.41) is 6.01. The van der Waals surface area contributed by atoms with E-state index in [-0.39, 0.29) is 24.0 Å². The summed E-state index contributed by atoms with van der Waals surface area (Å²) in [6, 6.07) is 0. The molecule has 0 bridgehead atoms. The first kappa shape index (κ1) is 21.7. The molecule has 1 saturated heterocycles. The van der Waals surface area contributed by atoms with Gasteiger partial charge in [-0.15, -0.1) is 0 Å². The van der Waals surface area contributed by atoms with Gasteiger partial charge in [0.25, 0.3) is 0 Å². The second kappa shape index (κ2) is 8.59. The number of likely N-dealkylation sites (tertiary alicyclic amines) is 1. The molecule has 0 aliphatic carbocycles. The number of nitrogens with zero attached hydrogens (tertiary/aromatic N) is 3. The van der Waals surface area contributed by atoms with Gasteiger partial charge in [0, 0.05) is 19.0 Å². The van der Waals surface area contributed by atoms with E-state index >= 15 is 0 Å². The predicted molar refractivity (Wildman–Crippen MR) is 104 cm³/mol. The van der Waals surface area contributed by atoms with Crippen molar-refractivity contribution in [1.82, 2.24) is 9.91 Å². The van der Waals surface area contributed by atoms with E-state index in [1.165, 1.54) is 5.01 Å². The van der Waals surface area contributed by atoms with E-state index in [0.717, 1.165) is 25.9 Å². The quantitative estimate of drug-likeness (QED) is 0.697. The molecule has 0 aromatic carbocycles. The van der Waals surface area contributed by atoms with Crippen LogP contribution in [0.4, 0.5) is 4.79 Å². The van der Waals surface area contributed by atoms with Crippen molar-refractivity contribution in [1.29, 1.82) is 0 Å². The second-order valence-corrected chi connectivity index (χ2v) is 8.77. The van der Waals surface area contributed by atoms with Crippen LogP contribution in [-0.4, -0.2) is 59.1 Å². The van der Waals surface area contributed by atoms with Gasteiger partial charge in [-0.2, -0.15) is 10.1 Å². The third kappa shape index (κ3) is 5.00. The molecule has 7 heteroatoms. The maximum atomic E-state index is 13.0. The Bertz CT molecular complexity index is 576. The number of carbonyl (C=O) groups is 2. The van der Waals surface area contributed by atoms with Gasteiger partial charge in [0.2, 0.25) is 0 Å². The molecule has 1 amide bonds. The molecule has 2 rings (SSSR count). The Morgan fingerprint density at radius 2 is 1.81 bits per heavy atom. The zero-order valence-electron chi connectivity index (χ0n) is 17.8. The zero-order valence-corrected chi connectivity index (χ0v) is 17.8. The first-order valence-corrected chi connectivity index (χ1v) is 10.0. The van der Waals surface area contributed by atoms with Gasteiger partial charge in [0.15, 0.2) is 0 Å². The number of hydrazone groups is 1. The van der Waals surface area contributed by atoms with Crippen molar-refractivity contribution in [2.75, 3.05) is 19.7 Å². The zero-order chi connectivity index (χ0) is 20.4. The maximum Gasteiger partial charge on any atom is 0.432 e. The molecule has 0 spiro atoms. The molecule has 0 aromatic heterocycles. The van der Waals surface area contributed by atoms with E-state index in [0.29, 0.717) is 12.3 Å². The Balaban J connectivity index is 2.47. The Labute approximate surface area is 163 Å². The third-order valence-corrected chi connectivity index (χ3v) is 5.10. The van der Waals surface area contributed by atoms with Gasteiger partial charge in [0.05, 0.1) is 12.3 Å². The average molecular weight is 382 g/mol. The van der Waals surface area contributed by atoms with Gasteiger partial charge < -0.3 is 9.47 Å². The summed E-state index contributed by atoms with van der Waals surface area (Å²) in [5.74, 6) is -0.646. The molecule has 2 aliphatic rings. The normalized spacial score (nSPS) is 26.9. The summed E-state index contributed by atoms with van der Waals surface area (Å²) >= 11 is 0. The highest BCUT2D eigenvalue weighted by Crippen LogP contribution is 2.37. The van der Waals surface area contributed by atoms with Gasteiger partial charge in [-0.1, -0.05) is 13.8 Å². The molecule has 0 N–H and O–H groups in total. The van der Waals surface area contributed by atoms with Crippen molar-refractivity contribution in [2.24, 2.45) is 22.9 Å². The topological polar surface area (TPSA) is 71.4 Å². The summed E-state index contributed by atoms with van der Waals surface area (Å²) in [7, 11) is 0. The molecule has 0 saturated carbocycles. The fourth-order valence-corrected chi connectivity index (χ4v) is 4.06. The molecule has 3 unspecified atom stereocenters. The minimum Gasteiger partial charge on any atom is -0.465 e. The van der Waals surface area contributed by atoms with Crippen molar-refractivity contribution in [3.63, 3.8) is 0 Å². The largest absolute Gasteiger partial charge is 0.465 e. The van der Waals surface area contributed by atoms with Crippen LogP contribution in [0.15, 0.2) is 5.10 Å². The summed E-state index contributed by atoms with van der Waals surface area (Å²) in [5.41, 5.74) is -0.00469. The summed E-state index contributed by atoms with van der Waals surface area (Å²) in [6.07, 6.45) is 1.39. The average Bonchev–Trinajstić information content (AvgIpc) is 3.06. The summed E-state index contributed by atoms with van der Waals surface area (Å²) < 4.78 is 11.0. The Kier molecular flexibility index (Phi) is 6.89. The lowest BCUT2D eigenvalue weighted by atomic mass is 9.77. The van der Waals surface area contributed by atoms with E-state index in [2.05, 4.69) is 23.8 Å². The third-order valence-electron chi connectivity index (χ3n) is 5.10. The van der Waals surface area contributed by atoms with Gasteiger partial charge in [-0.25, -0.2) is 4.79 Å². The molecular formula is C20H35N3O4. The van der Waals surface area contributed by atoms with Crippen LogP contribution in [-0.2, 0) is 14.3 Å². The van der Waals surface area contributed by atoms with E-state index in [1.807, 2.05) is 27.7 Å². The number of esters is 1. The molecular weight excluding hydrogens is 346 g/mol. The first-order chi connectivity index (χ1) is 12.6. The van der Waals surface area contributed by atoms with E-state index in [1.54, 1.807) is 6.92 Å². The van der Waals surface area contributed by atoms with Crippen LogP contribution >= 0.6 is 0 Å². The highest BCUT2D eigenvalue weighted by molar-refractivity contribution is 6.02. The van der Waals surface area contributed by atoms with Crippen molar-refractivity contribution < 1.29 is 19.1 Å². The SMILES string of the molecule is CCOC(=O)C1C(C)=NN(C(=O)OC(C)(C)C)C(N2CCCC2)C1C(C)C. The lowest BCUT2D eigenvalue weighted by Gasteiger charge is -2.47. The van der Waals surface area contributed by atoms with Crippen LogP contribution < -0.4 is 0 Å². The fourth-order valence-electron chi connectivity index (χ4n) is 4.06. The van der Waals surface area contributed by atoms with Gasteiger partial charge >= 0.3 is 12.1 Å². The van der Waals surface area contributed by atoms with Crippen molar-refractivity contribution >= 4 is 17.8 Å². The van der Waals surface area contributed by atoms with Gasteiger partial charge in [0.1, 0.15) is 17.7 Å². The van der Waals surface area contributed by atoms with Gasteiger partial charge in [-0.05, 0) is 53.4 Å². The smallest absolute Gasteiger partial charge is 0.432 e. The number of hydrogen-bond acceptors (Lipinski definition) is 6. The minimum atomic E-state index is -0.610. The standard InChI is InChI=1S/C20H35N3O4/c1-8-26-18(24)16-14(4)21-23(19(25)27-20(5,6)7)17(15(16)13(2)3)22-11-9-10-12-22/h13,15-17H,8-12H2,1-7H3. The van der Waals surface area contributed by atoms with Crippen molar-refractivity contribution in [3.8, 4) is 0 Å². The summed E-state index contributed by atoms with van der Waals surface area (Å²) in [4.78, 5) is 27.9. The van der Waals surface area contributed by atoms with Crippen LogP contribution in [0.3, 0.4) is 0 Å². The molecule has 7 nitrogen and oxygen atoms in total. The second-order valence-electron chi connectivity index (χ2n) is 8.77. The lowest BCUT2D eigenvalue weighted by molar-refractivity contribution is -0.151. The van der Waals surface area contributed by atoms with E-state index in [4.69, 9.17) is 9.47 Å². The minimum absolute atomic E-state index is 0.104. The highest BCUT2D eigenvalue weighted by Gasteiger charge is 2.50. The van der Waals surface area contributed by atoms with Crippen LogP contribution in [0.25, 0.3) is 0 Å². The van der Waals surface area contributed by atoms with Crippen molar-refractivity contribution in [2.45, 2.75) is 73.1 Å². The maximum absolute atomic E-state index is 13.0. The molecule has 2 aliphatic heterocycles. The van der Waals surface area contributed by atoms with Crippen LogP contribution in [0.1, 0.15) is 61.3 Å². The Morgan fingerprint density at radius 1 is 1.22 bits per heavy atom. The molecule has 3 atom stereocenters. The molecule has 0 radical (unpaired) electrons. The molecule has 2 heterocycles. The predicted octanol–water partition coefficient (Wildman–Crippen LogP) is 3.49. The van der Waals surface area contributed by atoms with Crippen LogP contribution in [0, 0.1) is 17.8 Å². The highest BCUT2D eigenvalue weighted by atomic mass is 16.6. The van der Waals surface area contributed by atoms with Crippen LogP contribution in [0.5, 0.6) is 0 Å².